The molecule has 2 rings (SSSR count). The van der Waals surface area contributed by atoms with Crippen LogP contribution in [0.4, 0.5) is 0 Å². The summed E-state index contributed by atoms with van der Waals surface area (Å²) in [6.45, 7) is 2.28. The lowest BCUT2D eigenvalue weighted by molar-refractivity contribution is 0.0676. The zero-order valence-corrected chi connectivity index (χ0v) is 12.7. The Morgan fingerprint density at radius 2 is 2.29 bits per heavy atom. The van der Waals surface area contributed by atoms with Gasteiger partial charge in [0.2, 0.25) is 0 Å². The van der Waals surface area contributed by atoms with E-state index < -0.39 is 0 Å². The predicted molar refractivity (Wildman–Crippen MR) is 75.5 cm³/mol. The molecule has 0 aromatic carbocycles. The lowest BCUT2D eigenvalue weighted by Gasteiger charge is -2.34. The van der Waals surface area contributed by atoms with Gasteiger partial charge in [-0.15, -0.1) is 11.3 Å². The number of hydrogen-bond donors (Lipinski definition) is 0. The third-order valence-electron chi connectivity index (χ3n) is 3.59. The zero-order valence-electron chi connectivity index (χ0n) is 10.3. The van der Waals surface area contributed by atoms with Crippen LogP contribution < -0.4 is 0 Å². The Hall–Kier alpha value is -0.350. The summed E-state index contributed by atoms with van der Waals surface area (Å²) in [6, 6.07) is 2.36. The normalized spacial score (nSPS) is 24.6. The van der Waals surface area contributed by atoms with E-state index in [-0.39, 0.29) is 5.91 Å². The first-order valence-electron chi connectivity index (χ1n) is 6.09. The first-order chi connectivity index (χ1) is 8.09. The van der Waals surface area contributed by atoms with Crippen LogP contribution in [-0.4, -0.2) is 23.9 Å². The highest BCUT2D eigenvalue weighted by Crippen LogP contribution is 2.30. The van der Waals surface area contributed by atoms with Crippen molar-refractivity contribution in [3.05, 3.63) is 20.8 Å². The number of carbonyl (C=O) groups is 1. The van der Waals surface area contributed by atoms with E-state index in [1.807, 2.05) is 23.4 Å². The van der Waals surface area contributed by atoms with Gasteiger partial charge in [-0.05, 0) is 46.1 Å². The molecule has 1 aliphatic rings. The van der Waals surface area contributed by atoms with E-state index in [0.717, 1.165) is 28.1 Å². The quantitative estimate of drug-likeness (QED) is 0.802. The van der Waals surface area contributed by atoms with E-state index in [9.17, 15) is 4.79 Å². The molecule has 17 heavy (non-hydrogen) atoms. The molecule has 1 amide bonds. The second kappa shape index (κ2) is 5.53. The molecule has 0 radical (unpaired) electrons. The van der Waals surface area contributed by atoms with Gasteiger partial charge in [0.25, 0.3) is 5.91 Å². The molecular formula is C13H18BrNOS. The molecule has 0 bridgehead atoms. The average molecular weight is 316 g/mol. The summed E-state index contributed by atoms with van der Waals surface area (Å²) in [4.78, 5) is 15.1. The molecule has 1 aromatic rings. The van der Waals surface area contributed by atoms with Crippen LogP contribution in [0.15, 0.2) is 15.9 Å². The van der Waals surface area contributed by atoms with Gasteiger partial charge in [-0.1, -0.05) is 19.8 Å². The number of hydrogen-bond acceptors (Lipinski definition) is 2. The first kappa shape index (κ1) is 13.1. The zero-order chi connectivity index (χ0) is 12.4. The van der Waals surface area contributed by atoms with E-state index in [4.69, 9.17) is 0 Å². The van der Waals surface area contributed by atoms with Crippen LogP contribution in [0.25, 0.3) is 0 Å². The minimum atomic E-state index is 0.158. The van der Waals surface area contributed by atoms with Gasteiger partial charge in [-0.25, -0.2) is 0 Å². The topological polar surface area (TPSA) is 20.3 Å². The monoisotopic (exact) mass is 315 g/mol. The number of amides is 1. The number of carbonyl (C=O) groups excluding carboxylic acids is 1. The third kappa shape index (κ3) is 2.91. The highest BCUT2D eigenvalue weighted by Gasteiger charge is 2.27. The minimum absolute atomic E-state index is 0.158. The lowest BCUT2D eigenvalue weighted by atomic mass is 9.86. The summed E-state index contributed by atoms with van der Waals surface area (Å²) in [5, 5.41) is 1.95. The van der Waals surface area contributed by atoms with Crippen molar-refractivity contribution in [1.29, 1.82) is 0 Å². The molecule has 2 atom stereocenters. The molecule has 0 saturated heterocycles. The molecule has 0 N–H and O–H groups in total. The molecule has 0 aliphatic heterocycles. The fourth-order valence-electron chi connectivity index (χ4n) is 2.53. The van der Waals surface area contributed by atoms with Crippen molar-refractivity contribution in [3.63, 3.8) is 0 Å². The Kier molecular flexibility index (Phi) is 4.26. The Labute approximate surface area is 115 Å². The summed E-state index contributed by atoms with van der Waals surface area (Å²) in [6.07, 6.45) is 4.84. The van der Waals surface area contributed by atoms with Gasteiger partial charge in [0, 0.05) is 17.6 Å². The molecule has 1 fully saturated rings. The minimum Gasteiger partial charge on any atom is -0.338 e. The number of nitrogens with zero attached hydrogens (tertiary/aromatic N) is 1. The van der Waals surface area contributed by atoms with E-state index >= 15 is 0 Å². The standard InChI is InChI=1S/C13H18BrNOS/c1-9-4-3-5-10(8-9)15(2)13(16)12-11(14)6-7-17-12/h6-7,9-10H,3-5,8H2,1-2H3. The molecule has 2 unspecified atom stereocenters. The Balaban J connectivity index is 2.07. The van der Waals surface area contributed by atoms with Crippen LogP contribution >= 0.6 is 27.3 Å². The first-order valence-corrected chi connectivity index (χ1v) is 7.77. The second-order valence-electron chi connectivity index (χ2n) is 4.94. The van der Waals surface area contributed by atoms with Crippen molar-refractivity contribution in [3.8, 4) is 0 Å². The summed E-state index contributed by atoms with van der Waals surface area (Å²) in [7, 11) is 1.94. The second-order valence-corrected chi connectivity index (χ2v) is 6.71. The van der Waals surface area contributed by atoms with Gasteiger partial charge in [0.05, 0.1) is 0 Å². The van der Waals surface area contributed by atoms with Crippen LogP contribution in [0.2, 0.25) is 0 Å². The summed E-state index contributed by atoms with van der Waals surface area (Å²) in [5.41, 5.74) is 0. The van der Waals surface area contributed by atoms with Crippen LogP contribution in [0.3, 0.4) is 0 Å². The number of rotatable bonds is 2. The highest BCUT2D eigenvalue weighted by atomic mass is 79.9. The van der Waals surface area contributed by atoms with Crippen molar-refractivity contribution >= 4 is 33.2 Å². The van der Waals surface area contributed by atoms with Crippen LogP contribution in [0.5, 0.6) is 0 Å². The maximum Gasteiger partial charge on any atom is 0.265 e. The Bertz CT molecular complexity index is 404. The van der Waals surface area contributed by atoms with Gasteiger partial charge in [-0.2, -0.15) is 0 Å². The van der Waals surface area contributed by atoms with Gasteiger partial charge < -0.3 is 4.90 Å². The van der Waals surface area contributed by atoms with Gasteiger partial charge in [0.15, 0.2) is 0 Å². The largest absolute Gasteiger partial charge is 0.338 e. The van der Waals surface area contributed by atoms with Crippen molar-refractivity contribution in [2.24, 2.45) is 5.92 Å². The van der Waals surface area contributed by atoms with E-state index in [2.05, 4.69) is 22.9 Å². The predicted octanol–water partition coefficient (Wildman–Crippen LogP) is 4.16. The summed E-state index contributed by atoms with van der Waals surface area (Å²) in [5.74, 6) is 0.904. The van der Waals surface area contributed by atoms with Crippen LogP contribution in [-0.2, 0) is 0 Å². The fourth-order valence-corrected chi connectivity index (χ4v) is 4.05. The highest BCUT2D eigenvalue weighted by molar-refractivity contribution is 9.10. The average Bonchev–Trinajstić information content (AvgIpc) is 2.73. The molecule has 4 heteroatoms. The van der Waals surface area contributed by atoms with Gasteiger partial charge in [-0.3, -0.25) is 4.79 Å². The summed E-state index contributed by atoms with van der Waals surface area (Å²) < 4.78 is 0.920. The lowest BCUT2D eigenvalue weighted by Crippen LogP contribution is -2.39. The van der Waals surface area contributed by atoms with Crippen molar-refractivity contribution < 1.29 is 4.79 Å². The fraction of sp³-hybridized carbons (Fsp3) is 0.615. The maximum absolute atomic E-state index is 12.3. The molecule has 0 spiro atoms. The van der Waals surface area contributed by atoms with Crippen LogP contribution in [0.1, 0.15) is 42.3 Å². The molecule has 1 aromatic heterocycles. The summed E-state index contributed by atoms with van der Waals surface area (Å²) >= 11 is 4.95. The maximum atomic E-state index is 12.3. The smallest absolute Gasteiger partial charge is 0.265 e. The number of halogens is 1. The Morgan fingerprint density at radius 3 is 2.88 bits per heavy atom. The van der Waals surface area contributed by atoms with Crippen molar-refractivity contribution in [2.75, 3.05) is 7.05 Å². The third-order valence-corrected chi connectivity index (χ3v) is 5.41. The van der Waals surface area contributed by atoms with Crippen molar-refractivity contribution in [1.82, 2.24) is 4.90 Å². The van der Waals surface area contributed by atoms with E-state index in [0.29, 0.717) is 6.04 Å². The van der Waals surface area contributed by atoms with Gasteiger partial charge >= 0.3 is 0 Å². The van der Waals surface area contributed by atoms with E-state index in [1.54, 1.807) is 0 Å². The molecule has 1 saturated carbocycles. The number of thiophene rings is 1. The van der Waals surface area contributed by atoms with Gasteiger partial charge in [0.1, 0.15) is 4.88 Å². The SMILES string of the molecule is CC1CCCC(N(C)C(=O)c2sccc2Br)C1. The molecule has 1 heterocycles. The molecular weight excluding hydrogens is 298 g/mol. The van der Waals surface area contributed by atoms with Crippen LogP contribution in [0, 0.1) is 5.92 Å². The van der Waals surface area contributed by atoms with Crippen molar-refractivity contribution in [2.45, 2.75) is 38.6 Å². The molecule has 1 aliphatic carbocycles. The van der Waals surface area contributed by atoms with E-state index in [1.165, 1.54) is 24.2 Å². The molecule has 94 valence electrons. The molecule has 2 nitrogen and oxygen atoms in total. The Morgan fingerprint density at radius 1 is 1.53 bits per heavy atom.